The second-order valence-corrected chi connectivity index (χ2v) is 10.9. The quantitative estimate of drug-likeness (QED) is 0.743. The largest absolute Gasteiger partial charge is 0.497 e. The average Bonchev–Trinajstić information content (AvgIpc) is 3.24. The van der Waals surface area contributed by atoms with E-state index in [9.17, 15) is 4.79 Å². The standard InChI is InChI=1S/C25H33N3O2/c1-24(2)11-19-12-25(3,15-24)16-28(19)23(29)21-14-27-13-18(8-9-22(27)26-21)17-6-5-7-20(10-17)30-4/h5-7,10,14,18-19H,8-9,11-13,15-16H2,1-4H3. The van der Waals surface area contributed by atoms with E-state index in [0.717, 1.165) is 50.3 Å². The van der Waals surface area contributed by atoms with Crippen LogP contribution in [0.15, 0.2) is 30.5 Å². The van der Waals surface area contributed by atoms with Crippen molar-refractivity contribution in [2.45, 2.75) is 71.4 Å². The number of hydrogen-bond acceptors (Lipinski definition) is 3. The maximum atomic E-state index is 13.4. The van der Waals surface area contributed by atoms with Crippen molar-refractivity contribution in [3.05, 3.63) is 47.5 Å². The molecule has 5 nitrogen and oxygen atoms in total. The van der Waals surface area contributed by atoms with Gasteiger partial charge in [0.25, 0.3) is 5.91 Å². The molecule has 1 amide bonds. The summed E-state index contributed by atoms with van der Waals surface area (Å²) in [5, 5.41) is 0. The zero-order valence-electron chi connectivity index (χ0n) is 18.6. The van der Waals surface area contributed by atoms with Crippen LogP contribution in [-0.2, 0) is 13.0 Å². The highest BCUT2D eigenvalue weighted by Crippen LogP contribution is 2.52. The van der Waals surface area contributed by atoms with Crippen LogP contribution in [0.1, 0.15) is 74.2 Å². The second kappa shape index (κ2) is 6.86. The highest BCUT2D eigenvalue weighted by Gasteiger charge is 2.51. The molecule has 3 atom stereocenters. The highest BCUT2D eigenvalue weighted by molar-refractivity contribution is 5.92. The summed E-state index contributed by atoms with van der Waals surface area (Å²) in [7, 11) is 1.71. The van der Waals surface area contributed by atoms with Crippen LogP contribution in [0.2, 0.25) is 0 Å². The van der Waals surface area contributed by atoms with Gasteiger partial charge in [-0.3, -0.25) is 4.79 Å². The van der Waals surface area contributed by atoms with Gasteiger partial charge < -0.3 is 14.2 Å². The van der Waals surface area contributed by atoms with Gasteiger partial charge in [-0.05, 0) is 54.2 Å². The van der Waals surface area contributed by atoms with Gasteiger partial charge in [0.05, 0.1) is 7.11 Å². The molecule has 3 aliphatic rings. The van der Waals surface area contributed by atoms with Crippen molar-refractivity contribution in [1.82, 2.24) is 14.5 Å². The number of likely N-dealkylation sites (tertiary alicyclic amines) is 1. The van der Waals surface area contributed by atoms with Gasteiger partial charge >= 0.3 is 0 Å². The molecule has 3 unspecified atom stereocenters. The SMILES string of the molecule is COc1cccc(C2CCc3nc(C(=O)N4CC5(C)CC4CC(C)(C)C5)cn3C2)c1. The van der Waals surface area contributed by atoms with Crippen molar-refractivity contribution >= 4 is 5.91 Å². The summed E-state index contributed by atoms with van der Waals surface area (Å²) in [6.45, 7) is 8.79. The fraction of sp³-hybridized carbons (Fsp3) is 0.600. The maximum absolute atomic E-state index is 13.4. The lowest BCUT2D eigenvalue weighted by atomic mass is 9.65. The van der Waals surface area contributed by atoms with Gasteiger partial charge in [0.15, 0.2) is 0 Å². The molecule has 1 aromatic carbocycles. The van der Waals surface area contributed by atoms with Crippen molar-refractivity contribution in [3.8, 4) is 5.75 Å². The number of carbonyl (C=O) groups is 1. The minimum atomic E-state index is 0.126. The van der Waals surface area contributed by atoms with Crippen molar-refractivity contribution in [2.24, 2.45) is 10.8 Å². The molecule has 2 bridgehead atoms. The van der Waals surface area contributed by atoms with Crippen molar-refractivity contribution in [2.75, 3.05) is 13.7 Å². The van der Waals surface area contributed by atoms with E-state index in [1.54, 1.807) is 7.11 Å². The lowest BCUT2D eigenvalue weighted by Crippen LogP contribution is -2.37. The summed E-state index contributed by atoms with van der Waals surface area (Å²) in [5.74, 6) is 2.50. The van der Waals surface area contributed by atoms with E-state index in [1.165, 1.54) is 12.0 Å². The number of benzene rings is 1. The van der Waals surface area contributed by atoms with E-state index in [-0.39, 0.29) is 11.3 Å². The molecule has 0 radical (unpaired) electrons. The van der Waals surface area contributed by atoms with Crippen LogP contribution in [0.25, 0.3) is 0 Å². The Morgan fingerprint density at radius 1 is 1.23 bits per heavy atom. The number of fused-ring (bicyclic) bond motifs is 3. The molecule has 0 spiro atoms. The van der Waals surface area contributed by atoms with E-state index >= 15 is 0 Å². The highest BCUT2D eigenvalue weighted by atomic mass is 16.5. The molecule has 160 valence electrons. The van der Waals surface area contributed by atoms with Gasteiger partial charge in [-0.25, -0.2) is 4.98 Å². The van der Waals surface area contributed by atoms with Crippen molar-refractivity contribution < 1.29 is 9.53 Å². The predicted octanol–water partition coefficient (Wildman–Crippen LogP) is 4.66. The maximum Gasteiger partial charge on any atom is 0.274 e. The number of aryl methyl sites for hydroxylation is 1. The summed E-state index contributed by atoms with van der Waals surface area (Å²) in [4.78, 5) is 20.3. The van der Waals surface area contributed by atoms with E-state index in [1.807, 2.05) is 12.3 Å². The molecular weight excluding hydrogens is 374 g/mol. The molecular formula is C25H33N3O2. The summed E-state index contributed by atoms with van der Waals surface area (Å²) in [6, 6.07) is 8.70. The minimum Gasteiger partial charge on any atom is -0.497 e. The first kappa shape index (κ1) is 19.7. The molecule has 1 saturated carbocycles. The predicted molar refractivity (Wildman–Crippen MR) is 117 cm³/mol. The average molecular weight is 408 g/mol. The second-order valence-electron chi connectivity index (χ2n) is 10.9. The molecule has 5 rings (SSSR count). The van der Waals surface area contributed by atoms with E-state index in [2.05, 4.69) is 48.4 Å². The number of methoxy groups -OCH3 is 1. The third kappa shape index (κ3) is 3.42. The Bertz CT molecular complexity index is 979. The van der Waals surface area contributed by atoms with Crippen LogP contribution in [0.3, 0.4) is 0 Å². The van der Waals surface area contributed by atoms with Gasteiger partial charge in [0.1, 0.15) is 17.3 Å². The van der Waals surface area contributed by atoms with Crippen LogP contribution in [0, 0.1) is 10.8 Å². The van der Waals surface area contributed by atoms with Crippen LogP contribution < -0.4 is 4.74 Å². The van der Waals surface area contributed by atoms with E-state index < -0.39 is 0 Å². The number of imidazole rings is 1. The van der Waals surface area contributed by atoms with Crippen LogP contribution in [-0.4, -0.2) is 40.1 Å². The molecule has 0 N–H and O–H groups in total. The summed E-state index contributed by atoms with van der Waals surface area (Å²) in [6.07, 6.45) is 7.38. The summed E-state index contributed by atoms with van der Waals surface area (Å²) in [5.41, 5.74) is 2.48. The molecule has 5 heteroatoms. The van der Waals surface area contributed by atoms with Crippen molar-refractivity contribution in [3.63, 3.8) is 0 Å². The van der Waals surface area contributed by atoms with E-state index in [4.69, 9.17) is 9.72 Å². The van der Waals surface area contributed by atoms with Gasteiger partial charge in [-0.15, -0.1) is 0 Å². The molecule has 30 heavy (non-hydrogen) atoms. The fourth-order valence-corrected chi connectivity index (χ4v) is 6.56. The first-order valence-electron chi connectivity index (χ1n) is 11.3. The van der Waals surface area contributed by atoms with Crippen molar-refractivity contribution in [1.29, 1.82) is 0 Å². The number of rotatable bonds is 3. The van der Waals surface area contributed by atoms with Gasteiger partial charge in [0.2, 0.25) is 0 Å². The first-order chi connectivity index (χ1) is 14.3. The van der Waals surface area contributed by atoms with Crippen LogP contribution >= 0.6 is 0 Å². The summed E-state index contributed by atoms with van der Waals surface area (Å²) < 4.78 is 7.60. The first-order valence-corrected chi connectivity index (χ1v) is 11.3. The summed E-state index contributed by atoms with van der Waals surface area (Å²) >= 11 is 0. The minimum absolute atomic E-state index is 0.126. The number of amides is 1. The third-order valence-corrected chi connectivity index (χ3v) is 7.45. The monoisotopic (exact) mass is 407 g/mol. The lowest BCUT2D eigenvalue weighted by molar-refractivity contribution is 0.0702. The Hall–Kier alpha value is -2.30. The Kier molecular flexibility index (Phi) is 4.49. The van der Waals surface area contributed by atoms with Gasteiger partial charge in [0, 0.05) is 37.7 Å². The molecule has 3 heterocycles. The van der Waals surface area contributed by atoms with Crippen LogP contribution in [0.4, 0.5) is 0 Å². The smallest absolute Gasteiger partial charge is 0.274 e. The number of ether oxygens (including phenoxy) is 1. The number of aromatic nitrogens is 2. The zero-order valence-corrected chi connectivity index (χ0v) is 18.6. The molecule has 1 aliphatic carbocycles. The Balaban J connectivity index is 1.35. The molecule has 2 fully saturated rings. The molecule has 2 aliphatic heterocycles. The van der Waals surface area contributed by atoms with Gasteiger partial charge in [-0.1, -0.05) is 32.9 Å². The number of carbonyl (C=O) groups excluding carboxylic acids is 1. The zero-order chi connectivity index (χ0) is 21.1. The van der Waals surface area contributed by atoms with E-state index in [0.29, 0.717) is 23.1 Å². The number of hydrogen-bond donors (Lipinski definition) is 0. The molecule has 2 aromatic rings. The topological polar surface area (TPSA) is 47.4 Å². The Morgan fingerprint density at radius 3 is 2.87 bits per heavy atom. The normalized spacial score (nSPS) is 29.5. The Morgan fingerprint density at radius 2 is 2.07 bits per heavy atom. The number of nitrogens with zero attached hydrogens (tertiary/aromatic N) is 3. The lowest BCUT2D eigenvalue weighted by Gasteiger charge is -2.39. The fourth-order valence-electron chi connectivity index (χ4n) is 6.56. The van der Waals surface area contributed by atoms with Crippen LogP contribution in [0.5, 0.6) is 5.75 Å². The van der Waals surface area contributed by atoms with Gasteiger partial charge in [-0.2, -0.15) is 0 Å². The molecule has 1 saturated heterocycles. The third-order valence-electron chi connectivity index (χ3n) is 7.45. The Labute approximate surface area is 179 Å². The molecule has 1 aromatic heterocycles.